The summed E-state index contributed by atoms with van der Waals surface area (Å²) in [6.07, 6.45) is 1.39. The number of amides is 1. The van der Waals surface area contributed by atoms with Crippen LogP contribution in [0.1, 0.15) is 17.4 Å². The predicted octanol–water partition coefficient (Wildman–Crippen LogP) is -0.401. The van der Waals surface area contributed by atoms with Crippen LogP contribution >= 0.6 is 0 Å². The molecule has 12 heavy (non-hydrogen) atoms. The molecule has 1 rings (SSSR count). The Balaban J connectivity index is 0.000000261. The highest BCUT2D eigenvalue weighted by atomic mass is 16.4. The van der Waals surface area contributed by atoms with Gasteiger partial charge < -0.3 is 10.8 Å². The van der Waals surface area contributed by atoms with Gasteiger partial charge >= 0.3 is 5.97 Å². The highest BCUT2D eigenvalue weighted by Gasteiger charge is 1.99. The minimum atomic E-state index is -0.984. The number of carbonyl (C=O) groups excluding carboxylic acids is 1. The molecule has 1 heterocycles. The van der Waals surface area contributed by atoms with Gasteiger partial charge in [-0.3, -0.25) is 9.89 Å². The van der Waals surface area contributed by atoms with Crippen molar-refractivity contribution in [1.82, 2.24) is 10.2 Å². The molecule has 0 aromatic carbocycles. The molecule has 1 aromatic heterocycles. The lowest BCUT2D eigenvalue weighted by atomic mass is 10.5. The highest BCUT2D eigenvalue weighted by molar-refractivity contribution is 5.84. The number of carbonyl (C=O) groups is 2. The Morgan fingerprint density at radius 1 is 1.67 bits per heavy atom. The molecule has 0 aliphatic heterocycles. The number of nitrogens with one attached hydrogen (secondary N) is 1. The van der Waals surface area contributed by atoms with E-state index in [1.165, 1.54) is 19.2 Å². The van der Waals surface area contributed by atoms with Crippen LogP contribution in [0, 0.1) is 0 Å². The molecule has 6 nitrogen and oxygen atoms in total. The quantitative estimate of drug-likeness (QED) is 0.534. The van der Waals surface area contributed by atoms with E-state index < -0.39 is 5.97 Å². The molecular weight excluding hydrogens is 162 g/mol. The monoisotopic (exact) mass is 171 g/mol. The third kappa shape index (κ3) is 4.98. The van der Waals surface area contributed by atoms with Gasteiger partial charge in [-0.15, -0.1) is 0 Å². The van der Waals surface area contributed by atoms with Crippen LogP contribution < -0.4 is 5.73 Å². The van der Waals surface area contributed by atoms with E-state index in [-0.39, 0.29) is 11.6 Å². The zero-order chi connectivity index (χ0) is 9.56. The van der Waals surface area contributed by atoms with E-state index in [4.69, 9.17) is 5.11 Å². The smallest absolute Gasteiger partial charge is 0.353 e. The van der Waals surface area contributed by atoms with Crippen molar-refractivity contribution in [3.05, 3.63) is 18.0 Å². The SMILES string of the molecule is CC(N)=O.O=C(O)c1ccn[nH]1. The summed E-state index contributed by atoms with van der Waals surface area (Å²) in [6, 6.07) is 1.39. The van der Waals surface area contributed by atoms with Crippen LogP contribution in [0.3, 0.4) is 0 Å². The Morgan fingerprint density at radius 2 is 2.17 bits per heavy atom. The molecule has 0 bridgehead atoms. The molecule has 0 saturated heterocycles. The van der Waals surface area contributed by atoms with Gasteiger partial charge in [0.15, 0.2) is 0 Å². The maximum Gasteiger partial charge on any atom is 0.353 e. The van der Waals surface area contributed by atoms with Crippen LogP contribution in [0.15, 0.2) is 12.3 Å². The Hall–Kier alpha value is -1.85. The lowest BCUT2D eigenvalue weighted by Gasteiger charge is -1.79. The summed E-state index contributed by atoms with van der Waals surface area (Å²) in [5, 5.41) is 13.9. The van der Waals surface area contributed by atoms with Crippen molar-refractivity contribution >= 4 is 11.9 Å². The van der Waals surface area contributed by atoms with Crippen molar-refractivity contribution in [1.29, 1.82) is 0 Å². The molecule has 4 N–H and O–H groups in total. The van der Waals surface area contributed by atoms with E-state index in [2.05, 4.69) is 15.9 Å². The molecular formula is C6H9N3O3. The lowest BCUT2D eigenvalue weighted by molar-refractivity contribution is -0.115. The largest absolute Gasteiger partial charge is 0.477 e. The summed E-state index contributed by atoms with van der Waals surface area (Å²) in [5.41, 5.74) is 4.59. The van der Waals surface area contributed by atoms with Gasteiger partial charge in [0.2, 0.25) is 5.91 Å². The van der Waals surface area contributed by atoms with E-state index in [0.29, 0.717) is 0 Å². The summed E-state index contributed by atoms with van der Waals surface area (Å²) in [6.45, 7) is 1.31. The first-order chi connectivity index (χ1) is 5.54. The topological polar surface area (TPSA) is 109 Å². The maximum atomic E-state index is 9.99. The number of carboxylic acid groups (broad SMARTS) is 1. The third-order valence-electron chi connectivity index (χ3n) is 0.731. The van der Waals surface area contributed by atoms with Gasteiger partial charge in [0.25, 0.3) is 0 Å². The van der Waals surface area contributed by atoms with Crippen molar-refractivity contribution in [3.63, 3.8) is 0 Å². The first kappa shape index (κ1) is 10.2. The summed E-state index contributed by atoms with van der Waals surface area (Å²) in [7, 11) is 0. The maximum absolute atomic E-state index is 9.99. The summed E-state index contributed by atoms with van der Waals surface area (Å²) in [4.78, 5) is 19.2. The number of aromatic amines is 1. The highest BCUT2D eigenvalue weighted by Crippen LogP contribution is 1.87. The average molecular weight is 171 g/mol. The molecule has 0 saturated carbocycles. The number of hydrogen-bond acceptors (Lipinski definition) is 3. The van der Waals surface area contributed by atoms with Gasteiger partial charge in [0.05, 0.1) is 0 Å². The molecule has 66 valence electrons. The fourth-order valence-corrected chi connectivity index (χ4v) is 0.375. The van der Waals surface area contributed by atoms with E-state index in [9.17, 15) is 9.59 Å². The number of nitrogens with zero attached hydrogens (tertiary/aromatic N) is 1. The Morgan fingerprint density at radius 3 is 2.33 bits per heavy atom. The van der Waals surface area contributed by atoms with Crippen molar-refractivity contribution in [3.8, 4) is 0 Å². The molecule has 0 aliphatic carbocycles. The first-order valence-electron chi connectivity index (χ1n) is 3.02. The van der Waals surface area contributed by atoms with E-state index in [1.54, 1.807) is 0 Å². The van der Waals surface area contributed by atoms with Crippen molar-refractivity contribution in [2.24, 2.45) is 5.73 Å². The summed E-state index contributed by atoms with van der Waals surface area (Å²) in [5.74, 6) is -1.32. The number of carboxylic acids is 1. The summed E-state index contributed by atoms with van der Waals surface area (Å²) < 4.78 is 0. The second-order valence-electron chi connectivity index (χ2n) is 1.89. The fourth-order valence-electron chi connectivity index (χ4n) is 0.375. The van der Waals surface area contributed by atoms with Crippen LogP contribution in [0.5, 0.6) is 0 Å². The van der Waals surface area contributed by atoms with Crippen molar-refractivity contribution < 1.29 is 14.7 Å². The Bertz CT molecular complexity index is 251. The second kappa shape index (κ2) is 4.89. The molecule has 0 fully saturated rings. The van der Waals surface area contributed by atoms with Crippen LogP contribution in [0.25, 0.3) is 0 Å². The molecule has 1 amide bonds. The lowest BCUT2D eigenvalue weighted by Crippen LogP contribution is -2.01. The molecule has 0 spiro atoms. The van der Waals surface area contributed by atoms with E-state index >= 15 is 0 Å². The number of primary amides is 1. The third-order valence-corrected chi connectivity index (χ3v) is 0.731. The van der Waals surface area contributed by atoms with Crippen LogP contribution in [0.4, 0.5) is 0 Å². The number of hydrogen-bond donors (Lipinski definition) is 3. The van der Waals surface area contributed by atoms with Crippen LogP contribution in [0.2, 0.25) is 0 Å². The predicted molar refractivity (Wildman–Crippen MR) is 40.4 cm³/mol. The number of aromatic nitrogens is 2. The van der Waals surface area contributed by atoms with Crippen molar-refractivity contribution in [2.45, 2.75) is 6.92 Å². The zero-order valence-corrected chi connectivity index (χ0v) is 6.44. The van der Waals surface area contributed by atoms with Gasteiger partial charge in [-0.05, 0) is 6.07 Å². The summed E-state index contributed by atoms with van der Waals surface area (Å²) >= 11 is 0. The number of aromatic carboxylic acids is 1. The van der Waals surface area contributed by atoms with Crippen LogP contribution in [-0.2, 0) is 4.79 Å². The molecule has 0 atom stereocenters. The Kier molecular flexibility index (Phi) is 4.13. The number of nitrogens with two attached hydrogens (primary N) is 1. The van der Waals surface area contributed by atoms with Gasteiger partial charge in [0, 0.05) is 13.1 Å². The van der Waals surface area contributed by atoms with Gasteiger partial charge in [-0.1, -0.05) is 0 Å². The van der Waals surface area contributed by atoms with Gasteiger partial charge in [-0.25, -0.2) is 4.79 Å². The molecule has 6 heteroatoms. The molecule has 0 radical (unpaired) electrons. The van der Waals surface area contributed by atoms with E-state index in [1.807, 2.05) is 0 Å². The molecule has 1 aromatic rings. The standard InChI is InChI=1S/C4H4N2O2.C2H5NO/c7-4(8)3-1-2-5-6-3;1-2(3)4/h1-2H,(H,5,6)(H,7,8);1H3,(H2,3,4). The normalized spacial score (nSPS) is 8.08. The molecule has 0 unspecified atom stereocenters. The van der Waals surface area contributed by atoms with Gasteiger partial charge in [-0.2, -0.15) is 5.10 Å². The van der Waals surface area contributed by atoms with E-state index in [0.717, 1.165) is 0 Å². The number of rotatable bonds is 1. The van der Waals surface area contributed by atoms with Gasteiger partial charge in [0.1, 0.15) is 5.69 Å². The molecule has 0 aliphatic rings. The van der Waals surface area contributed by atoms with Crippen molar-refractivity contribution in [2.75, 3.05) is 0 Å². The minimum absolute atomic E-state index is 0.116. The minimum Gasteiger partial charge on any atom is -0.477 e. The van der Waals surface area contributed by atoms with Crippen LogP contribution in [-0.4, -0.2) is 27.2 Å². The zero-order valence-electron chi connectivity index (χ0n) is 6.44. The number of H-pyrrole nitrogens is 1. The second-order valence-corrected chi connectivity index (χ2v) is 1.89. The first-order valence-corrected chi connectivity index (χ1v) is 3.02. The Labute approximate surface area is 68.4 Å². The average Bonchev–Trinajstić information content (AvgIpc) is 2.34. The fraction of sp³-hybridized carbons (Fsp3) is 0.167.